The van der Waals surface area contributed by atoms with Crippen molar-refractivity contribution < 1.29 is 17.9 Å². The van der Waals surface area contributed by atoms with Gasteiger partial charge in [-0.05, 0) is 43.5 Å². The molecule has 1 atom stereocenters. The largest absolute Gasteiger partial charge is 0.469 e. The second kappa shape index (κ2) is 7.56. The van der Waals surface area contributed by atoms with Crippen molar-refractivity contribution in [3.8, 4) is 0 Å². The number of carbonyl (C=O) groups excluding carboxylic acids is 1. The van der Waals surface area contributed by atoms with Crippen molar-refractivity contribution >= 4 is 27.4 Å². The van der Waals surface area contributed by atoms with Crippen LogP contribution in [0.1, 0.15) is 32.1 Å². The molecule has 0 saturated heterocycles. The Morgan fingerprint density at radius 2 is 2.04 bits per heavy atom. The molecule has 1 saturated carbocycles. The van der Waals surface area contributed by atoms with Crippen molar-refractivity contribution in [2.45, 2.75) is 37.0 Å². The van der Waals surface area contributed by atoms with E-state index in [2.05, 4.69) is 10.5 Å². The van der Waals surface area contributed by atoms with E-state index in [-0.39, 0.29) is 16.8 Å². The van der Waals surface area contributed by atoms with Gasteiger partial charge in [0.2, 0.25) is 10.0 Å². The summed E-state index contributed by atoms with van der Waals surface area (Å²) in [6.07, 6.45) is 4.21. The minimum absolute atomic E-state index is 0.0527. The molecule has 0 bridgehead atoms. The van der Waals surface area contributed by atoms with Crippen molar-refractivity contribution in [2.24, 2.45) is 16.2 Å². The maximum atomic E-state index is 11.5. The third-order valence-corrected chi connectivity index (χ3v) is 4.79. The SMILES string of the molecule is COC(=O)CC1CCCCC1=NNc1ccc(S(N)(=O)=O)cc1. The molecule has 8 heteroatoms. The predicted molar refractivity (Wildman–Crippen MR) is 87.5 cm³/mol. The van der Waals surface area contributed by atoms with Gasteiger partial charge >= 0.3 is 5.97 Å². The number of nitrogens with two attached hydrogens (primary N) is 1. The summed E-state index contributed by atoms with van der Waals surface area (Å²) in [6.45, 7) is 0. The Kier molecular flexibility index (Phi) is 5.73. The van der Waals surface area contributed by atoms with Crippen molar-refractivity contribution in [3.63, 3.8) is 0 Å². The second-order valence-electron chi connectivity index (χ2n) is 5.51. The van der Waals surface area contributed by atoms with E-state index in [9.17, 15) is 13.2 Å². The van der Waals surface area contributed by atoms with Crippen LogP contribution < -0.4 is 10.6 Å². The van der Waals surface area contributed by atoms with Crippen LogP contribution in [0.2, 0.25) is 0 Å². The van der Waals surface area contributed by atoms with E-state index in [1.54, 1.807) is 12.1 Å². The normalized spacial score (nSPS) is 20.3. The summed E-state index contributed by atoms with van der Waals surface area (Å²) in [6, 6.07) is 6.04. The number of methoxy groups -OCH3 is 1. The first-order valence-corrected chi connectivity index (χ1v) is 8.97. The van der Waals surface area contributed by atoms with Crippen LogP contribution >= 0.6 is 0 Å². The van der Waals surface area contributed by atoms with E-state index >= 15 is 0 Å². The van der Waals surface area contributed by atoms with Crippen LogP contribution in [0.3, 0.4) is 0 Å². The summed E-state index contributed by atoms with van der Waals surface area (Å²) in [5.74, 6) is -0.144. The Balaban J connectivity index is 2.06. The smallest absolute Gasteiger partial charge is 0.306 e. The molecule has 0 aliphatic heterocycles. The molecule has 1 fully saturated rings. The molecule has 1 aliphatic rings. The van der Waals surface area contributed by atoms with Crippen LogP contribution in [0.5, 0.6) is 0 Å². The Morgan fingerprint density at radius 3 is 2.65 bits per heavy atom. The molecule has 0 aromatic heterocycles. The van der Waals surface area contributed by atoms with Gasteiger partial charge in [0, 0.05) is 11.6 Å². The molecule has 1 aromatic rings. The average Bonchev–Trinajstić information content (AvgIpc) is 2.53. The highest BCUT2D eigenvalue weighted by Crippen LogP contribution is 2.25. The number of benzene rings is 1. The summed E-state index contributed by atoms with van der Waals surface area (Å²) >= 11 is 0. The van der Waals surface area contributed by atoms with Crippen molar-refractivity contribution in [2.75, 3.05) is 12.5 Å². The molecule has 0 radical (unpaired) electrons. The van der Waals surface area contributed by atoms with Crippen LogP contribution in [-0.4, -0.2) is 27.2 Å². The van der Waals surface area contributed by atoms with Gasteiger partial charge in [0.25, 0.3) is 0 Å². The van der Waals surface area contributed by atoms with Crippen LogP contribution in [-0.2, 0) is 19.6 Å². The molecule has 0 spiro atoms. The molecule has 0 amide bonds. The molecule has 3 N–H and O–H groups in total. The van der Waals surface area contributed by atoms with Crippen molar-refractivity contribution in [1.82, 2.24) is 0 Å². The second-order valence-corrected chi connectivity index (χ2v) is 7.07. The molecular weight excluding hydrogens is 318 g/mol. The molecular formula is C15H21N3O4S. The number of hydrazone groups is 1. The third kappa shape index (κ3) is 5.04. The van der Waals surface area contributed by atoms with Gasteiger partial charge in [-0.2, -0.15) is 5.10 Å². The minimum Gasteiger partial charge on any atom is -0.469 e. The monoisotopic (exact) mass is 339 g/mol. The third-order valence-electron chi connectivity index (χ3n) is 3.86. The Bertz CT molecular complexity index is 683. The van der Waals surface area contributed by atoms with Gasteiger partial charge in [0.05, 0.1) is 24.1 Å². The van der Waals surface area contributed by atoms with Gasteiger partial charge in [-0.15, -0.1) is 0 Å². The fourth-order valence-corrected chi connectivity index (χ4v) is 3.09. The van der Waals surface area contributed by atoms with Gasteiger partial charge in [0.15, 0.2) is 0 Å². The zero-order valence-electron chi connectivity index (χ0n) is 13.0. The molecule has 1 unspecified atom stereocenters. The number of nitrogens with one attached hydrogen (secondary N) is 1. The lowest BCUT2D eigenvalue weighted by atomic mass is 9.85. The summed E-state index contributed by atoms with van der Waals surface area (Å²) < 4.78 is 27.1. The number of sulfonamides is 1. The number of rotatable bonds is 5. The predicted octanol–water partition coefficient (Wildman–Crippen LogP) is 1.86. The van der Waals surface area contributed by atoms with E-state index in [0.29, 0.717) is 12.1 Å². The highest BCUT2D eigenvalue weighted by molar-refractivity contribution is 7.89. The summed E-state index contributed by atoms with van der Waals surface area (Å²) in [7, 11) is -2.31. The van der Waals surface area contributed by atoms with E-state index in [4.69, 9.17) is 9.88 Å². The number of carbonyl (C=O) groups is 1. The number of ether oxygens (including phenoxy) is 1. The van der Waals surface area contributed by atoms with Crippen molar-refractivity contribution in [1.29, 1.82) is 0 Å². The number of hydrogen-bond donors (Lipinski definition) is 2. The Morgan fingerprint density at radius 1 is 1.35 bits per heavy atom. The van der Waals surface area contributed by atoms with Gasteiger partial charge < -0.3 is 4.74 Å². The van der Waals surface area contributed by atoms with Crippen LogP contribution in [0.25, 0.3) is 0 Å². The molecule has 0 heterocycles. The molecule has 23 heavy (non-hydrogen) atoms. The van der Waals surface area contributed by atoms with E-state index in [0.717, 1.165) is 31.4 Å². The van der Waals surface area contributed by atoms with Crippen LogP contribution in [0.4, 0.5) is 5.69 Å². The number of anilines is 1. The lowest BCUT2D eigenvalue weighted by Gasteiger charge is -2.23. The standard InChI is InChI=1S/C15H21N3O4S/c1-22-15(19)10-11-4-2-3-5-14(11)18-17-12-6-8-13(9-7-12)23(16,20)21/h6-9,11,17H,2-5,10H2,1H3,(H2,16,20,21). The average molecular weight is 339 g/mol. The summed E-state index contributed by atoms with van der Waals surface area (Å²) in [5, 5.41) is 9.45. The van der Waals surface area contributed by atoms with Crippen LogP contribution in [0.15, 0.2) is 34.3 Å². The van der Waals surface area contributed by atoms with E-state index < -0.39 is 10.0 Å². The quantitative estimate of drug-likeness (QED) is 0.628. The number of nitrogens with zero attached hydrogens (tertiary/aromatic N) is 1. The highest BCUT2D eigenvalue weighted by atomic mass is 32.2. The minimum atomic E-state index is -3.70. The first kappa shape index (κ1) is 17.4. The van der Waals surface area contributed by atoms with E-state index in [1.165, 1.54) is 19.2 Å². The fourth-order valence-electron chi connectivity index (χ4n) is 2.57. The van der Waals surface area contributed by atoms with Crippen LogP contribution in [0, 0.1) is 5.92 Å². The lowest BCUT2D eigenvalue weighted by Crippen LogP contribution is -2.23. The molecule has 2 rings (SSSR count). The lowest BCUT2D eigenvalue weighted by molar-refractivity contribution is -0.141. The maximum Gasteiger partial charge on any atom is 0.306 e. The summed E-state index contributed by atoms with van der Waals surface area (Å²) in [5.41, 5.74) is 4.52. The Hall–Kier alpha value is -1.93. The van der Waals surface area contributed by atoms with Gasteiger partial charge in [-0.1, -0.05) is 6.42 Å². The topological polar surface area (TPSA) is 111 Å². The first-order valence-electron chi connectivity index (χ1n) is 7.42. The van der Waals surface area contributed by atoms with Gasteiger partial charge in [0.1, 0.15) is 0 Å². The number of hydrogen-bond acceptors (Lipinski definition) is 6. The van der Waals surface area contributed by atoms with Crippen molar-refractivity contribution in [3.05, 3.63) is 24.3 Å². The molecule has 126 valence electrons. The summed E-state index contributed by atoms with van der Waals surface area (Å²) in [4.78, 5) is 11.5. The number of esters is 1. The molecule has 1 aromatic carbocycles. The Labute approximate surface area is 136 Å². The highest BCUT2D eigenvalue weighted by Gasteiger charge is 2.23. The fraction of sp³-hybridized carbons (Fsp3) is 0.467. The van der Waals surface area contributed by atoms with Gasteiger partial charge in [-0.25, -0.2) is 13.6 Å². The first-order chi connectivity index (χ1) is 10.9. The number of primary sulfonamides is 1. The molecule has 1 aliphatic carbocycles. The molecule has 7 nitrogen and oxygen atoms in total. The van der Waals surface area contributed by atoms with Gasteiger partial charge in [-0.3, -0.25) is 10.2 Å². The van der Waals surface area contributed by atoms with E-state index in [1.807, 2.05) is 0 Å². The zero-order chi connectivity index (χ0) is 16.9. The zero-order valence-corrected chi connectivity index (χ0v) is 13.8. The maximum absolute atomic E-state index is 11.5.